The maximum atomic E-state index is 13.6. The molecule has 1 saturated heterocycles. The number of quaternary nitrogens is 1. The van der Waals surface area contributed by atoms with Crippen LogP contribution in [0.5, 0.6) is 0 Å². The van der Waals surface area contributed by atoms with Crippen molar-refractivity contribution in [1.82, 2.24) is 25.2 Å². The summed E-state index contributed by atoms with van der Waals surface area (Å²) in [5, 5.41) is 14.0. The molecule has 1 aliphatic carbocycles. The number of ether oxygens (including phenoxy) is 1. The highest BCUT2D eigenvalue weighted by Gasteiger charge is 2.39. The fourth-order valence-electron chi connectivity index (χ4n) is 6.05. The third-order valence-electron chi connectivity index (χ3n) is 8.24. The van der Waals surface area contributed by atoms with Crippen LogP contribution >= 0.6 is 0 Å². The van der Waals surface area contributed by atoms with Crippen molar-refractivity contribution in [2.24, 2.45) is 5.92 Å². The molecule has 0 spiro atoms. The number of likely N-dealkylation sites (tertiary alicyclic amines) is 1. The average Bonchev–Trinajstić information content (AvgIpc) is 3.38. The molecule has 192 valence electrons. The number of benzene rings is 1. The van der Waals surface area contributed by atoms with Crippen molar-refractivity contribution >= 4 is 16.9 Å². The van der Waals surface area contributed by atoms with Gasteiger partial charge in [0, 0.05) is 12.8 Å². The number of carbonyl (C=O) groups excluding carboxylic acids is 1. The molecule has 0 amide bonds. The molecule has 2 aliphatic rings. The summed E-state index contributed by atoms with van der Waals surface area (Å²) in [4.78, 5) is 30.4. The van der Waals surface area contributed by atoms with E-state index in [0.717, 1.165) is 66.6 Å². The molecule has 1 atom stereocenters. The van der Waals surface area contributed by atoms with Gasteiger partial charge in [0.1, 0.15) is 0 Å². The largest absolute Gasteiger partial charge is 0.466 e. The topological polar surface area (TPSA) is 107 Å². The number of nitrogens with zero attached hydrogens (tertiary/aromatic N) is 4. The van der Waals surface area contributed by atoms with E-state index in [1.807, 2.05) is 24.6 Å². The first-order valence-corrected chi connectivity index (χ1v) is 13.4. The van der Waals surface area contributed by atoms with Crippen molar-refractivity contribution in [3.05, 3.63) is 51.1 Å². The number of rotatable bonds is 6. The van der Waals surface area contributed by atoms with Gasteiger partial charge in [0.15, 0.2) is 6.04 Å². The van der Waals surface area contributed by atoms with Gasteiger partial charge in [-0.05, 0) is 66.6 Å². The van der Waals surface area contributed by atoms with E-state index in [4.69, 9.17) is 4.74 Å². The van der Waals surface area contributed by atoms with Gasteiger partial charge in [0.2, 0.25) is 5.82 Å². The van der Waals surface area contributed by atoms with Gasteiger partial charge in [-0.15, -0.1) is 5.10 Å². The van der Waals surface area contributed by atoms with Gasteiger partial charge in [-0.3, -0.25) is 9.59 Å². The van der Waals surface area contributed by atoms with E-state index in [2.05, 4.69) is 39.6 Å². The Morgan fingerprint density at radius 3 is 2.64 bits per heavy atom. The van der Waals surface area contributed by atoms with Crippen LogP contribution in [0.1, 0.15) is 86.5 Å². The summed E-state index contributed by atoms with van der Waals surface area (Å²) in [6, 6.07) is 6.14. The lowest BCUT2D eigenvalue weighted by Crippen LogP contribution is -3.13. The molecule has 9 heteroatoms. The average molecular weight is 494 g/mol. The standard InChI is InChI=1S/C27H36N6O3/c1-4-36-27(35)19-12-14-32(15-13-19)24(25-29-30-31-33(25)21-8-6-5-7-9-21)22-16-20-11-10-17(2)18(3)23(20)28-26(22)34/h10-11,16,19,21,24H,4-9,12-15H2,1-3H3,(H,28,34)/p+1/t24-/m0/s1. The molecule has 3 aromatic rings. The van der Waals surface area contributed by atoms with Crippen LogP contribution in [0.25, 0.3) is 10.9 Å². The van der Waals surface area contributed by atoms with Crippen LogP contribution in [0.4, 0.5) is 0 Å². The number of nitrogens with one attached hydrogen (secondary N) is 2. The summed E-state index contributed by atoms with van der Waals surface area (Å²) in [5.41, 5.74) is 3.70. The van der Waals surface area contributed by atoms with Crippen molar-refractivity contribution in [2.75, 3.05) is 19.7 Å². The predicted molar refractivity (Wildman–Crippen MR) is 136 cm³/mol. The molecule has 2 N–H and O–H groups in total. The van der Waals surface area contributed by atoms with Crippen LogP contribution in [0.3, 0.4) is 0 Å². The van der Waals surface area contributed by atoms with E-state index in [1.165, 1.54) is 24.2 Å². The number of aromatic nitrogens is 5. The third-order valence-corrected chi connectivity index (χ3v) is 8.24. The minimum absolute atomic E-state index is 0.0933. The number of aromatic amines is 1. The summed E-state index contributed by atoms with van der Waals surface area (Å²) >= 11 is 0. The molecule has 0 bridgehead atoms. The second kappa shape index (κ2) is 10.5. The Bertz CT molecular complexity index is 1280. The molecule has 0 unspecified atom stereocenters. The van der Waals surface area contributed by atoms with E-state index in [9.17, 15) is 9.59 Å². The van der Waals surface area contributed by atoms with Crippen LogP contribution in [0.2, 0.25) is 0 Å². The van der Waals surface area contributed by atoms with E-state index >= 15 is 0 Å². The highest BCUT2D eigenvalue weighted by atomic mass is 16.5. The van der Waals surface area contributed by atoms with Crippen LogP contribution in [0.15, 0.2) is 23.0 Å². The molecular weight excluding hydrogens is 456 g/mol. The number of carbonyl (C=O) groups is 1. The van der Waals surface area contributed by atoms with E-state index in [1.54, 1.807) is 0 Å². The highest BCUT2D eigenvalue weighted by Crippen LogP contribution is 2.30. The number of esters is 1. The fraction of sp³-hybridized carbons (Fsp3) is 0.593. The van der Waals surface area contributed by atoms with Crippen LogP contribution < -0.4 is 10.5 Å². The van der Waals surface area contributed by atoms with Crippen LogP contribution in [-0.4, -0.2) is 50.9 Å². The van der Waals surface area contributed by atoms with Crippen LogP contribution in [0, 0.1) is 19.8 Å². The number of pyridine rings is 1. The Morgan fingerprint density at radius 2 is 1.92 bits per heavy atom. The zero-order valence-corrected chi connectivity index (χ0v) is 21.5. The molecule has 2 fully saturated rings. The van der Waals surface area contributed by atoms with E-state index < -0.39 is 0 Å². The molecule has 36 heavy (non-hydrogen) atoms. The quantitative estimate of drug-likeness (QED) is 0.511. The molecule has 1 saturated carbocycles. The Labute approximate surface area is 211 Å². The van der Waals surface area contributed by atoms with Gasteiger partial charge in [0.05, 0.1) is 42.7 Å². The first-order valence-electron chi connectivity index (χ1n) is 13.4. The zero-order chi connectivity index (χ0) is 25.2. The Hall–Kier alpha value is -3.07. The highest BCUT2D eigenvalue weighted by molar-refractivity contribution is 5.83. The number of hydrogen-bond acceptors (Lipinski definition) is 6. The Morgan fingerprint density at radius 1 is 1.17 bits per heavy atom. The number of piperidine rings is 1. The van der Waals surface area contributed by atoms with Crippen molar-refractivity contribution in [3.63, 3.8) is 0 Å². The van der Waals surface area contributed by atoms with Gasteiger partial charge in [-0.1, -0.05) is 31.4 Å². The smallest absolute Gasteiger partial charge is 0.309 e. The molecule has 9 nitrogen and oxygen atoms in total. The van der Waals surface area contributed by atoms with Gasteiger partial charge in [-0.25, -0.2) is 4.68 Å². The second-order valence-electron chi connectivity index (χ2n) is 10.4. The van der Waals surface area contributed by atoms with Gasteiger partial charge in [0.25, 0.3) is 5.56 Å². The minimum atomic E-state index is -0.306. The molecule has 1 aliphatic heterocycles. The van der Waals surface area contributed by atoms with Crippen LogP contribution in [-0.2, 0) is 9.53 Å². The SMILES string of the molecule is CCOC(=O)C1CC[NH+]([C@@H](c2cc3ccc(C)c(C)c3[nH]c2=O)c2nnnn2C2CCCCC2)CC1. The molecule has 3 heterocycles. The number of aryl methyl sites for hydroxylation is 2. The van der Waals surface area contributed by atoms with Crippen molar-refractivity contribution < 1.29 is 14.4 Å². The maximum absolute atomic E-state index is 13.6. The van der Waals surface area contributed by atoms with E-state index in [-0.39, 0.29) is 29.5 Å². The minimum Gasteiger partial charge on any atom is -0.466 e. The summed E-state index contributed by atoms with van der Waals surface area (Å²) in [6.45, 7) is 7.83. The number of fused-ring (bicyclic) bond motifs is 1. The fourth-order valence-corrected chi connectivity index (χ4v) is 6.05. The lowest BCUT2D eigenvalue weighted by molar-refractivity contribution is -0.932. The Kier molecular flexibility index (Phi) is 7.18. The summed E-state index contributed by atoms with van der Waals surface area (Å²) < 4.78 is 7.27. The summed E-state index contributed by atoms with van der Waals surface area (Å²) in [7, 11) is 0. The zero-order valence-electron chi connectivity index (χ0n) is 21.5. The monoisotopic (exact) mass is 493 g/mol. The number of hydrogen-bond donors (Lipinski definition) is 2. The van der Waals surface area contributed by atoms with E-state index in [0.29, 0.717) is 12.2 Å². The Balaban J connectivity index is 1.56. The van der Waals surface area contributed by atoms with Crippen molar-refractivity contribution in [1.29, 1.82) is 0 Å². The number of tetrazole rings is 1. The van der Waals surface area contributed by atoms with Crippen molar-refractivity contribution in [2.45, 2.75) is 77.8 Å². The lowest BCUT2D eigenvalue weighted by Gasteiger charge is -2.34. The third kappa shape index (κ3) is 4.68. The summed E-state index contributed by atoms with van der Waals surface area (Å²) in [6.07, 6.45) is 7.13. The lowest BCUT2D eigenvalue weighted by atomic mass is 9.92. The number of H-pyrrole nitrogens is 1. The predicted octanol–water partition coefficient (Wildman–Crippen LogP) is 2.58. The molecule has 1 aromatic carbocycles. The van der Waals surface area contributed by atoms with Gasteiger partial charge in [-0.2, -0.15) is 0 Å². The first-order chi connectivity index (χ1) is 17.5. The summed E-state index contributed by atoms with van der Waals surface area (Å²) in [5.74, 6) is 0.541. The molecule has 2 aromatic heterocycles. The van der Waals surface area contributed by atoms with Crippen molar-refractivity contribution in [3.8, 4) is 0 Å². The van der Waals surface area contributed by atoms with Gasteiger partial charge < -0.3 is 14.6 Å². The molecule has 0 radical (unpaired) electrons. The second-order valence-corrected chi connectivity index (χ2v) is 10.4. The normalized spacial score (nSPS) is 22.0. The first kappa shape index (κ1) is 24.6. The van der Waals surface area contributed by atoms with Gasteiger partial charge >= 0.3 is 5.97 Å². The molecule has 5 rings (SSSR count). The maximum Gasteiger partial charge on any atom is 0.309 e. The molecular formula is C27H37N6O3+.